The van der Waals surface area contributed by atoms with Gasteiger partial charge in [0, 0.05) is 30.5 Å². The number of amides is 1. The predicted octanol–water partition coefficient (Wildman–Crippen LogP) is 3.48. The van der Waals surface area contributed by atoms with E-state index in [9.17, 15) is 4.79 Å². The molecule has 0 radical (unpaired) electrons. The molecule has 0 unspecified atom stereocenters. The Kier molecular flexibility index (Phi) is 4.10. The van der Waals surface area contributed by atoms with Crippen LogP contribution < -0.4 is 0 Å². The number of aryl methyl sites for hydroxylation is 1. The van der Waals surface area contributed by atoms with Crippen LogP contribution in [0.3, 0.4) is 0 Å². The first-order valence-electron chi connectivity index (χ1n) is 8.63. The van der Waals surface area contributed by atoms with Crippen LogP contribution in [0, 0.1) is 6.92 Å². The van der Waals surface area contributed by atoms with Crippen molar-refractivity contribution in [3.05, 3.63) is 78.1 Å². The maximum absolute atomic E-state index is 12.5. The van der Waals surface area contributed by atoms with Crippen LogP contribution in [0.4, 0.5) is 0 Å². The lowest BCUT2D eigenvalue weighted by molar-refractivity contribution is -0.136. The summed E-state index contributed by atoms with van der Waals surface area (Å²) >= 11 is 0. The molecule has 1 aromatic heterocycles. The average molecular weight is 331 g/mol. The third-order valence-corrected chi connectivity index (χ3v) is 4.79. The molecule has 2 aromatic carbocycles. The van der Waals surface area contributed by atoms with Gasteiger partial charge in [0.2, 0.25) is 5.91 Å². The van der Waals surface area contributed by atoms with E-state index in [2.05, 4.69) is 28.6 Å². The van der Waals surface area contributed by atoms with Gasteiger partial charge >= 0.3 is 0 Å². The lowest BCUT2D eigenvalue weighted by Crippen LogP contribution is -2.51. The van der Waals surface area contributed by atoms with Crippen LogP contribution in [0.25, 0.3) is 11.4 Å². The maximum atomic E-state index is 12.5. The van der Waals surface area contributed by atoms with E-state index in [0.717, 1.165) is 35.7 Å². The molecule has 126 valence electrons. The number of carbonyl (C=O) groups excluding carboxylic acids is 1. The molecule has 25 heavy (non-hydrogen) atoms. The molecular formula is C21H21N3O. The number of hydrogen-bond donors (Lipinski definition) is 0. The molecule has 4 rings (SSSR count). The van der Waals surface area contributed by atoms with Crippen molar-refractivity contribution in [3.8, 4) is 11.4 Å². The Morgan fingerprint density at radius 1 is 1.04 bits per heavy atom. The highest BCUT2D eigenvalue weighted by Crippen LogP contribution is 2.29. The number of nitrogens with zero attached hydrogens (tertiary/aromatic N) is 3. The molecule has 0 N–H and O–H groups in total. The summed E-state index contributed by atoms with van der Waals surface area (Å²) < 4.78 is 2.27. The van der Waals surface area contributed by atoms with Gasteiger partial charge in [-0.15, -0.1) is 0 Å². The monoisotopic (exact) mass is 331 g/mol. The average Bonchev–Trinajstić information content (AvgIpc) is 2.97. The van der Waals surface area contributed by atoms with Crippen LogP contribution in [0.15, 0.2) is 66.9 Å². The summed E-state index contributed by atoms with van der Waals surface area (Å²) in [6.45, 7) is 3.58. The van der Waals surface area contributed by atoms with Crippen LogP contribution >= 0.6 is 0 Å². The molecular weight excluding hydrogens is 310 g/mol. The van der Waals surface area contributed by atoms with Gasteiger partial charge in [0.05, 0.1) is 12.5 Å². The molecule has 1 amide bonds. The molecule has 0 atom stereocenters. The summed E-state index contributed by atoms with van der Waals surface area (Å²) in [6, 6.07) is 20.5. The molecule has 1 saturated heterocycles. The van der Waals surface area contributed by atoms with Gasteiger partial charge in [-0.05, 0) is 12.5 Å². The van der Waals surface area contributed by atoms with E-state index in [0.29, 0.717) is 12.5 Å². The van der Waals surface area contributed by atoms with Gasteiger partial charge in [0.15, 0.2) is 0 Å². The normalized spacial score (nSPS) is 14.4. The fourth-order valence-electron chi connectivity index (χ4n) is 3.41. The minimum atomic E-state index is 0.196. The largest absolute Gasteiger partial charge is 0.338 e. The summed E-state index contributed by atoms with van der Waals surface area (Å²) in [6.07, 6.45) is 2.39. The molecule has 1 aliphatic rings. The zero-order valence-corrected chi connectivity index (χ0v) is 14.3. The second-order valence-electron chi connectivity index (χ2n) is 6.57. The third-order valence-electron chi connectivity index (χ3n) is 4.79. The third kappa shape index (κ3) is 3.07. The Morgan fingerprint density at radius 2 is 1.68 bits per heavy atom. The van der Waals surface area contributed by atoms with Crippen LogP contribution in [0.2, 0.25) is 0 Å². The van der Waals surface area contributed by atoms with Crippen LogP contribution in [0.5, 0.6) is 0 Å². The Balaban J connectivity index is 1.46. The fraction of sp³-hybridized carbons (Fsp3) is 0.238. The summed E-state index contributed by atoms with van der Waals surface area (Å²) in [4.78, 5) is 19.0. The van der Waals surface area contributed by atoms with E-state index >= 15 is 0 Å². The van der Waals surface area contributed by atoms with Gasteiger partial charge in [-0.2, -0.15) is 0 Å². The van der Waals surface area contributed by atoms with E-state index < -0.39 is 0 Å². The van der Waals surface area contributed by atoms with Gasteiger partial charge in [-0.3, -0.25) is 4.79 Å². The number of rotatable bonds is 4. The highest BCUT2D eigenvalue weighted by molar-refractivity contribution is 5.79. The number of carbonyl (C=O) groups is 1. The molecule has 1 fully saturated rings. The molecule has 1 aliphatic heterocycles. The Labute approximate surface area is 147 Å². The van der Waals surface area contributed by atoms with Crippen molar-refractivity contribution in [1.29, 1.82) is 0 Å². The van der Waals surface area contributed by atoms with Crippen molar-refractivity contribution < 1.29 is 4.79 Å². The zero-order chi connectivity index (χ0) is 17.2. The van der Waals surface area contributed by atoms with Crippen LogP contribution in [-0.4, -0.2) is 33.4 Å². The highest BCUT2D eigenvalue weighted by atomic mass is 16.2. The SMILES string of the molecule is Cc1cnc(-c2ccccc2)n1C1CN(C(=O)Cc2ccccc2)C1. The number of hydrogen-bond acceptors (Lipinski definition) is 2. The Morgan fingerprint density at radius 3 is 2.36 bits per heavy atom. The van der Waals surface area contributed by atoms with Gasteiger partial charge in [-0.25, -0.2) is 4.98 Å². The molecule has 0 saturated carbocycles. The summed E-state index contributed by atoms with van der Waals surface area (Å²) in [5.74, 6) is 1.18. The lowest BCUT2D eigenvalue weighted by Gasteiger charge is -2.41. The van der Waals surface area contributed by atoms with E-state index in [-0.39, 0.29) is 5.91 Å². The summed E-state index contributed by atoms with van der Waals surface area (Å²) in [5.41, 5.74) is 3.32. The van der Waals surface area contributed by atoms with Gasteiger partial charge < -0.3 is 9.47 Å². The van der Waals surface area contributed by atoms with Gasteiger partial charge in [0.1, 0.15) is 5.82 Å². The Bertz CT molecular complexity index is 865. The molecule has 2 heterocycles. The van der Waals surface area contributed by atoms with Crippen molar-refractivity contribution in [2.75, 3.05) is 13.1 Å². The van der Waals surface area contributed by atoms with Crippen LogP contribution in [-0.2, 0) is 11.2 Å². The molecule has 0 bridgehead atoms. The number of benzene rings is 2. The number of aromatic nitrogens is 2. The van der Waals surface area contributed by atoms with E-state index in [4.69, 9.17) is 0 Å². The second-order valence-corrected chi connectivity index (χ2v) is 6.57. The standard InChI is InChI=1S/C21H21N3O/c1-16-13-22-21(18-10-6-3-7-11-18)24(16)19-14-23(15-19)20(25)12-17-8-4-2-5-9-17/h2-11,13,19H,12,14-15H2,1H3. The lowest BCUT2D eigenvalue weighted by atomic mass is 10.0. The first-order valence-corrected chi connectivity index (χ1v) is 8.63. The van der Waals surface area contributed by atoms with Crippen molar-refractivity contribution in [2.24, 2.45) is 0 Å². The summed E-state index contributed by atoms with van der Waals surface area (Å²) in [7, 11) is 0. The molecule has 0 aliphatic carbocycles. The van der Waals surface area contributed by atoms with Crippen molar-refractivity contribution in [3.63, 3.8) is 0 Å². The smallest absolute Gasteiger partial charge is 0.227 e. The first-order chi connectivity index (χ1) is 12.2. The first kappa shape index (κ1) is 15.6. The summed E-state index contributed by atoms with van der Waals surface area (Å²) in [5, 5.41) is 0. The number of likely N-dealkylation sites (tertiary alicyclic amines) is 1. The molecule has 4 nitrogen and oxygen atoms in total. The zero-order valence-electron chi connectivity index (χ0n) is 14.3. The Hall–Kier alpha value is -2.88. The van der Waals surface area contributed by atoms with E-state index in [1.54, 1.807) is 0 Å². The minimum Gasteiger partial charge on any atom is -0.338 e. The molecule has 4 heteroatoms. The maximum Gasteiger partial charge on any atom is 0.227 e. The van der Waals surface area contributed by atoms with E-state index in [1.165, 1.54) is 0 Å². The van der Waals surface area contributed by atoms with E-state index in [1.807, 2.05) is 59.6 Å². The van der Waals surface area contributed by atoms with Gasteiger partial charge in [0.25, 0.3) is 0 Å². The molecule has 3 aromatic rings. The quantitative estimate of drug-likeness (QED) is 0.734. The van der Waals surface area contributed by atoms with Gasteiger partial charge in [-0.1, -0.05) is 60.7 Å². The van der Waals surface area contributed by atoms with Crippen molar-refractivity contribution in [1.82, 2.24) is 14.5 Å². The molecule has 0 spiro atoms. The predicted molar refractivity (Wildman–Crippen MR) is 98.2 cm³/mol. The second kappa shape index (κ2) is 6.55. The number of imidazole rings is 1. The van der Waals surface area contributed by atoms with Crippen LogP contribution in [0.1, 0.15) is 17.3 Å². The van der Waals surface area contributed by atoms with Crippen molar-refractivity contribution >= 4 is 5.91 Å². The fourth-order valence-corrected chi connectivity index (χ4v) is 3.41. The highest BCUT2D eigenvalue weighted by Gasteiger charge is 2.33. The minimum absolute atomic E-state index is 0.196. The van der Waals surface area contributed by atoms with Crippen molar-refractivity contribution in [2.45, 2.75) is 19.4 Å². The topological polar surface area (TPSA) is 38.1 Å².